The second-order valence-corrected chi connectivity index (χ2v) is 7.72. The summed E-state index contributed by atoms with van der Waals surface area (Å²) in [7, 11) is 1.53. The lowest BCUT2D eigenvalue weighted by Gasteiger charge is -2.17. The van der Waals surface area contributed by atoms with E-state index in [4.69, 9.17) is 4.74 Å². The maximum atomic E-state index is 13.0. The van der Waals surface area contributed by atoms with Gasteiger partial charge in [0.1, 0.15) is 11.3 Å². The summed E-state index contributed by atoms with van der Waals surface area (Å²) in [5.41, 5.74) is 1.03. The average Bonchev–Trinajstić information content (AvgIpc) is 3.20. The lowest BCUT2D eigenvalue weighted by molar-refractivity contribution is 0.0932. The standard InChI is InChI=1S/C21H21N5O3S/c1-29-13-6-7-16-14(11-13)19(27)15(12-22-16)21(28)23-17(8-10-30-2)20-25-24-18-5-3-4-9-26(18)20/h3-7,9,11-12,17H,8,10H2,1-2H3,(H,22,27)(H,23,28)/t17-/m1/s1. The van der Waals surface area contributed by atoms with Crippen LogP contribution in [0.4, 0.5) is 0 Å². The molecule has 9 heteroatoms. The molecule has 0 unspecified atom stereocenters. The average molecular weight is 423 g/mol. The van der Waals surface area contributed by atoms with E-state index in [1.807, 2.05) is 35.1 Å². The molecule has 0 fully saturated rings. The van der Waals surface area contributed by atoms with Crippen LogP contribution in [0.25, 0.3) is 16.6 Å². The fourth-order valence-electron chi connectivity index (χ4n) is 3.33. The minimum atomic E-state index is -0.459. The Morgan fingerprint density at radius 3 is 2.97 bits per heavy atom. The first kappa shape index (κ1) is 20.0. The number of aromatic nitrogens is 4. The van der Waals surface area contributed by atoms with Crippen molar-refractivity contribution < 1.29 is 9.53 Å². The molecule has 4 rings (SSSR count). The molecule has 1 aromatic carbocycles. The molecule has 0 saturated carbocycles. The van der Waals surface area contributed by atoms with Crippen molar-refractivity contribution in [2.75, 3.05) is 19.1 Å². The first-order chi connectivity index (χ1) is 14.6. The minimum Gasteiger partial charge on any atom is -0.497 e. The number of aromatic amines is 1. The van der Waals surface area contributed by atoms with Gasteiger partial charge in [-0.1, -0.05) is 6.07 Å². The van der Waals surface area contributed by atoms with Crippen LogP contribution in [0.3, 0.4) is 0 Å². The van der Waals surface area contributed by atoms with Crippen molar-refractivity contribution in [1.29, 1.82) is 0 Å². The minimum absolute atomic E-state index is 0.0405. The number of methoxy groups -OCH3 is 1. The van der Waals surface area contributed by atoms with Crippen LogP contribution in [-0.2, 0) is 0 Å². The lowest BCUT2D eigenvalue weighted by atomic mass is 10.1. The third-order valence-electron chi connectivity index (χ3n) is 4.90. The number of benzene rings is 1. The summed E-state index contributed by atoms with van der Waals surface area (Å²) in [4.78, 5) is 29.0. The van der Waals surface area contributed by atoms with Gasteiger partial charge in [-0.2, -0.15) is 11.8 Å². The maximum Gasteiger partial charge on any atom is 0.257 e. The van der Waals surface area contributed by atoms with Crippen LogP contribution in [0.1, 0.15) is 28.6 Å². The molecule has 0 bridgehead atoms. The lowest BCUT2D eigenvalue weighted by Crippen LogP contribution is -2.33. The summed E-state index contributed by atoms with van der Waals surface area (Å²) in [6, 6.07) is 10.4. The van der Waals surface area contributed by atoms with E-state index in [1.54, 1.807) is 30.0 Å². The molecule has 3 aromatic heterocycles. The molecule has 4 aromatic rings. The number of fused-ring (bicyclic) bond motifs is 2. The topological polar surface area (TPSA) is 101 Å². The van der Waals surface area contributed by atoms with Crippen molar-refractivity contribution in [2.45, 2.75) is 12.5 Å². The number of amides is 1. The monoisotopic (exact) mass is 423 g/mol. The Kier molecular flexibility index (Phi) is 5.71. The van der Waals surface area contributed by atoms with E-state index in [1.165, 1.54) is 13.3 Å². The first-order valence-electron chi connectivity index (χ1n) is 9.41. The Bertz CT molecular complexity index is 1270. The van der Waals surface area contributed by atoms with Crippen molar-refractivity contribution >= 4 is 34.2 Å². The van der Waals surface area contributed by atoms with Crippen molar-refractivity contribution in [1.82, 2.24) is 24.9 Å². The van der Waals surface area contributed by atoms with Crippen LogP contribution >= 0.6 is 11.8 Å². The van der Waals surface area contributed by atoms with Gasteiger partial charge >= 0.3 is 0 Å². The first-order valence-corrected chi connectivity index (χ1v) is 10.8. The van der Waals surface area contributed by atoms with Gasteiger partial charge in [-0.25, -0.2) is 0 Å². The molecule has 8 nitrogen and oxygen atoms in total. The molecule has 3 heterocycles. The molecular weight excluding hydrogens is 402 g/mol. The van der Waals surface area contributed by atoms with Gasteiger partial charge in [0.25, 0.3) is 5.91 Å². The summed E-state index contributed by atoms with van der Waals surface area (Å²) in [6.45, 7) is 0. The Morgan fingerprint density at radius 2 is 2.17 bits per heavy atom. The van der Waals surface area contributed by atoms with E-state index >= 15 is 0 Å². The van der Waals surface area contributed by atoms with Crippen LogP contribution in [0.2, 0.25) is 0 Å². The van der Waals surface area contributed by atoms with Crippen LogP contribution < -0.4 is 15.5 Å². The Labute approximate surface area is 176 Å². The zero-order chi connectivity index (χ0) is 21.1. The number of hydrogen-bond donors (Lipinski definition) is 2. The Hall–Kier alpha value is -3.33. The highest BCUT2D eigenvalue weighted by molar-refractivity contribution is 7.98. The number of nitrogens with zero attached hydrogens (tertiary/aromatic N) is 3. The summed E-state index contributed by atoms with van der Waals surface area (Å²) < 4.78 is 7.05. The molecule has 0 saturated heterocycles. The van der Waals surface area contributed by atoms with Crippen molar-refractivity contribution in [3.63, 3.8) is 0 Å². The second-order valence-electron chi connectivity index (χ2n) is 6.74. The molecule has 0 aliphatic carbocycles. The summed E-state index contributed by atoms with van der Waals surface area (Å²) in [5, 5.41) is 11.8. The van der Waals surface area contributed by atoms with E-state index < -0.39 is 5.91 Å². The number of ether oxygens (including phenoxy) is 1. The van der Waals surface area contributed by atoms with E-state index in [2.05, 4.69) is 20.5 Å². The normalized spacial score (nSPS) is 12.2. The second kappa shape index (κ2) is 8.58. The predicted molar refractivity (Wildman–Crippen MR) is 117 cm³/mol. The quantitative estimate of drug-likeness (QED) is 0.474. The fourth-order valence-corrected chi connectivity index (χ4v) is 3.80. The summed E-state index contributed by atoms with van der Waals surface area (Å²) in [6.07, 6.45) is 5.96. The van der Waals surface area contributed by atoms with Crippen molar-refractivity contribution in [3.05, 3.63) is 70.4 Å². The van der Waals surface area contributed by atoms with E-state index in [0.717, 1.165) is 5.75 Å². The highest BCUT2D eigenvalue weighted by Crippen LogP contribution is 2.20. The number of rotatable bonds is 7. The van der Waals surface area contributed by atoms with Gasteiger partial charge in [-0.3, -0.25) is 14.0 Å². The molecule has 0 aliphatic heterocycles. The van der Waals surface area contributed by atoms with Crippen molar-refractivity contribution in [2.24, 2.45) is 0 Å². The van der Waals surface area contributed by atoms with E-state index in [9.17, 15) is 9.59 Å². The Balaban J connectivity index is 1.69. The number of carbonyl (C=O) groups excluding carboxylic acids is 1. The Morgan fingerprint density at radius 1 is 1.30 bits per heavy atom. The largest absolute Gasteiger partial charge is 0.497 e. The van der Waals surface area contributed by atoms with Gasteiger partial charge < -0.3 is 15.0 Å². The molecule has 1 amide bonds. The fraction of sp³-hybridized carbons (Fsp3) is 0.238. The van der Waals surface area contributed by atoms with Crippen LogP contribution in [0, 0.1) is 0 Å². The van der Waals surface area contributed by atoms with Crippen molar-refractivity contribution in [3.8, 4) is 5.75 Å². The summed E-state index contributed by atoms with van der Waals surface area (Å²) in [5.74, 6) is 1.54. The molecule has 30 heavy (non-hydrogen) atoms. The highest BCUT2D eigenvalue weighted by Gasteiger charge is 2.22. The number of H-pyrrole nitrogens is 1. The summed E-state index contributed by atoms with van der Waals surface area (Å²) >= 11 is 1.67. The predicted octanol–water partition coefficient (Wildman–Crippen LogP) is 2.80. The zero-order valence-corrected chi connectivity index (χ0v) is 17.4. The molecule has 2 N–H and O–H groups in total. The number of thioether (sulfide) groups is 1. The van der Waals surface area contributed by atoms with Gasteiger partial charge in [0.2, 0.25) is 5.43 Å². The van der Waals surface area contributed by atoms with Gasteiger partial charge in [0.05, 0.1) is 13.2 Å². The maximum absolute atomic E-state index is 13.0. The van der Waals surface area contributed by atoms with Crippen LogP contribution in [0.15, 0.2) is 53.6 Å². The van der Waals surface area contributed by atoms with E-state index in [0.29, 0.717) is 34.5 Å². The van der Waals surface area contributed by atoms with Gasteiger partial charge in [-0.15, -0.1) is 10.2 Å². The van der Waals surface area contributed by atoms with Crippen LogP contribution in [0.5, 0.6) is 5.75 Å². The molecule has 1 atom stereocenters. The third kappa shape index (κ3) is 3.76. The number of nitrogens with one attached hydrogen (secondary N) is 2. The zero-order valence-electron chi connectivity index (χ0n) is 16.6. The van der Waals surface area contributed by atoms with Crippen LogP contribution in [-0.4, -0.2) is 44.6 Å². The smallest absolute Gasteiger partial charge is 0.257 e. The number of pyridine rings is 2. The number of carbonyl (C=O) groups is 1. The SMILES string of the molecule is COc1ccc2[nH]cc(C(=O)N[C@H](CCSC)c3nnc4ccccn34)c(=O)c2c1. The van der Waals surface area contributed by atoms with Gasteiger partial charge in [0, 0.05) is 23.3 Å². The molecule has 0 radical (unpaired) electrons. The molecular formula is C21H21N5O3S. The number of hydrogen-bond acceptors (Lipinski definition) is 6. The molecule has 154 valence electrons. The molecule has 0 spiro atoms. The van der Waals surface area contributed by atoms with Gasteiger partial charge in [-0.05, 0) is 48.8 Å². The van der Waals surface area contributed by atoms with E-state index in [-0.39, 0.29) is 17.0 Å². The highest BCUT2D eigenvalue weighted by atomic mass is 32.2. The molecule has 0 aliphatic rings. The third-order valence-corrected chi connectivity index (χ3v) is 5.54. The van der Waals surface area contributed by atoms with Gasteiger partial charge in [0.15, 0.2) is 11.5 Å².